The van der Waals surface area contributed by atoms with Gasteiger partial charge in [0, 0.05) is 12.6 Å². The molecule has 0 aromatic heterocycles. The summed E-state index contributed by atoms with van der Waals surface area (Å²) in [5, 5.41) is 9.47. The average molecular weight is 235 g/mol. The molecule has 0 bridgehead atoms. The number of carbonyl (C=O) groups excluding carboxylic acids is 1. The fourth-order valence-electron chi connectivity index (χ4n) is 1.96. The van der Waals surface area contributed by atoms with E-state index in [2.05, 4.69) is 6.92 Å². The number of aromatic hydroxyl groups is 1. The molecule has 0 unspecified atom stereocenters. The Morgan fingerprint density at radius 2 is 2.24 bits per heavy atom. The van der Waals surface area contributed by atoms with Crippen LogP contribution in [0.1, 0.15) is 26.2 Å². The highest BCUT2D eigenvalue weighted by Crippen LogP contribution is 2.35. The van der Waals surface area contributed by atoms with Crippen LogP contribution in [0.2, 0.25) is 0 Å². The number of carbonyl (C=O) groups is 1. The minimum atomic E-state index is -0.0424. The van der Waals surface area contributed by atoms with Gasteiger partial charge >= 0.3 is 0 Å². The van der Waals surface area contributed by atoms with Gasteiger partial charge in [-0.15, -0.1) is 0 Å². The minimum absolute atomic E-state index is 0.0424. The van der Waals surface area contributed by atoms with Gasteiger partial charge < -0.3 is 14.7 Å². The lowest BCUT2D eigenvalue weighted by molar-refractivity contribution is -0.121. The molecule has 1 aromatic rings. The molecule has 92 valence electrons. The Labute approximate surface area is 101 Å². The molecular weight excluding hydrogens is 218 g/mol. The summed E-state index contributed by atoms with van der Waals surface area (Å²) in [4.78, 5) is 13.5. The zero-order valence-electron chi connectivity index (χ0n) is 9.98. The normalized spacial score (nSPS) is 14.4. The molecule has 0 aliphatic carbocycles. The molecule has 1 aliphatic rings. The zero-order chi connectivity index (χ0) is 12.3. The van der Waals surface area contributed by atoms with Crippen molar-refractivity contribution < 1.29 is 14.6 Å². The second kappa shape index (κ2) is 5.08. The fraction of sp³-hybridized carbons (Fsp3) is 0.462. The van der Waals surface area contributed by atoms with Gasteiger partial charge in [0.2, 0.25) is 0 Å². The molecule has 2 rings (SSSR count). The van der Waals surface area contributed by atoms with Gasteiger partial charge in [0.05, 0.1) is 5.69 Å². The van der Waals surface area contributed by atoms with Crippen molar-refractivity contribution in [1.29, 1.82) is 0 Å². The molecule has 1 heterocycles. The van der Waals surface area contributed by atoms with Crippen molar-refractivity contribution in [2.45, 2.75) is 26.2 Å². The highest BCUT2D eigenvalue weighted by Gasteiger charge is 2.25. The van der Waals surface area contributed by atoms with Crippen molar-refractivity contribution in [2.24, 2.45) is 0 Å². The van der Waals surface area contributed by atoms with Gasteiger partial charge in [-0.25, -0.2) is 0 Å². The van der Waals surface area contributed by atoms with Gasteiger partial charge in [0.15, 0.2) is 6.61 Å². The second-order valence-electron chi connectivity index (χ2n) is 4.19. The molecule has 0 radical (unpaired) electrons. The molecule has 4 nitrogen and oxygen atoms in total. The summed E-state index contributed by atoms with van der Waals surface area (Å²) < 4.78 is 5.32. The van der Waals surface area contributed by atoms with Crippen LogP contribution in [0.3, 0.4) is 0 Å². The van der Waals surface area contributed by atoms with Crippen molar-refractivity contribution in [3.05, 3.63) is 18.2 Å². The number of unbranched alkanes of at least 4 members (excludes halogenated alkanes) is 2. The van der Waals surface area contributed by atoms with Crippen molar-refractivity contribution in [2.75, 3.05) is 18.1 Å². The van der Waals surface area contributed by atoms with Crippen LogP contribution in [-0.4, -0.2) is 24.2 Å². The number of anilines is 1. The first-order chi connectivity index (χ1) is 8.22. The van der Waals surface area contributed by atoms with E-state index in [0.717, 1.165) is 19.3 Å². The summed E-state index contributed by atoms with van der Waals surface area (Å²) in [6, 6.07) is 4.85. The van der Waals surface area contributed by atoms with E-state index < -0.39 is 0 Å². The quantitative estimate of drug-likeness (QED) is 0.815. The summed E-state index contributed by atoms with van der Waals surface area (Å²) in [7, 11) is 0. The molecule has 0 saturated heterocycles. The lowest BCUT2D eigenvalue weighted by atomic mass is 10.2. The van der Waals surface area contributed by atoms with E-state index in [4.69, 9.17) is 4.74 Å². The Kier molecular flexibility index (Phi) is 3.52. The lowest BCUT2D eigenvalue weighted by Crippen LogP contribution is -2.39. The fourth-order valence-corrected chi connectivity index (χ4v) is 1.96. The van der Waals surface area contributed by atoms with Crippen LogP contribution < -0.4 is 9.64 Å². The molecule has 0 fully saturated rings. The monoisotopic (exact) mass is 235 g/mol. The Morgan fingerprint density at radius 1 is 1.41 bits per heavy atom. The first kappa shape index (κ1) is 11.8. The van der Waals surface area contributed by atoms with E-state index in [1.54, 1.807) is 23.1 Å². The van der Waals surface area contributed by atoms with Crippen LogP contribution in [-0.2, 0) is 4.79 Å². The maximum atomic E-state index is 11.8. The summed E-state index contributed by atoms with van der Waals surface area (Å²) in [6.45, 7) is 2.90. The summed E-state index contributed by atoms with van der Waals surface area (Å²) in [5.74, 6) is 0.778. The number of ether oxygens (including phenoxy) is 1. The van der Waals surface area contributed by atoms with E-state index in [1.807, 2.05) is 0 Å². The highest BCUT2D eigenvalue weighted by molar-refractivity contribution is 5.98. The number of hydrogen-bond donors (Lipinski definition) is 1. The van der Waals surface area contributed by atoms with Crippen molar-refractivity contribution in [3.8, 4) is 11.5 Å². The van der Waals surface area contributed by atoms with Gasteiger partial charge in [0.25, 0.3) is 5.91 Å². The van der Waals surface area contributed by atoms with Crippen LogP contribution in [0.25, 0.3) is 0 Å². The van der Waals surface area contributed by atoms with Gasteiger partial charge in [0.1, 0.15) is 11.5 Å². The maximum Gasteiger partial charge on any atom is 0.265 e. The predicted molar refractivity (Wildman–Crippen MR) is 65.5 cm³/mol. The third-order valence-electron chi connectivity index (χ3n) is 2.87. The molecule has 0 saturated carbocycles. The van der Waals surface area contributed by atoms with Crippen LogP contribution in [0.4, 0.5) is 5.69 Å². The van der Waals surface area contributed by atoms with E-state index in [1.165, 1.54) is 0 Å². The number of phenols is 1. The second-order valence-corrected chi connectivity index (χ2v) is 4.19. The van der Waals surface area contributed by atoms with Crippen LogP contribution >= 0.6 is 0 Å². The number of phenolic OH excluding ortho intramolecular Hbond substituents is 1. The average Bonchev–Trinajstić information content (AvgIpc) is 2.32. The highest BCUT2D eigenvalue weighted by atomic mass is 16.5. The van der Waals surface area contributed by atoms with Crippen molar-refractivity contribution >= 4 is 11.6 Å². The minimum Gasteiger partial charge on any atom is -0.508 e. The van der Waals surface area contributed by atoms with Crippen molar-refractivity contribution in [3.63, 3.8) is 0 Å². The summed E-state index contributed by atoms with van der Waals surface area (Å²) >= 11 is 0. The first-order valence-electron chi connectivity index (χ1n) is 5.98. The summed E-state index contributed by atoms with van der Waals surface area (Å²) in [6.07, 6.45) is 3.18. The largest absolute Gasteiger partial charge is 0.508 e. The Balaban J connectivity index is 2.20. The third-order valence-corrected chi connectivity index (χ3v) is 2.87. The van der Waals surface area contributed by atoms with E-state index in [0.29, 0.717) is 18.0 Å². The number of amides is 1. The summed E-state index contributed by atoms with van der Waals surface area (Å²) in [5.41, 5.74) is 0.678. The molecule has 4 heteroatoms. The number of rotatable bonds is 4. The van der Waals surface area contributed by atoms with Gasteiger partial charge in [-0.3, -0.25) is 4.79 Å². The van der Waals surface area contributed by atoms with Gasteiger partial charge in [-0.1, -0.05) is 19.8 Å². The van der Waals surface area contributed by atoms with Crippen LogP contribution in [0.15, 0.2) is 18.2 Å². The molecule has 1 aromatic carbocycles. The van der Waals surface area contributed by atoms with E-state index in [9.17, 15) is 9.90 Å². The van der Waals surface area contributed by atoms with Crippen molar-refractivity contribution in [1.82, 2.24) is 0 Å². The number of benzene rings is 1. The maximum absolute atomic E-state index is 11.8. The first-order valence-corrected chi connectivity index (χ1v) is 5.98. The molecular formula is C13H17NO3. The van der Waals surface area contributed by atoms with Crippen LogP contribution in [0.5, 0.6) is 11.5 Å². The predicted octanol–water partition coefficient (Wildman–Crippen LogP) is 2.31. The van der Waals surface area contributed by atoms with Crippen LogP contribution in [0, 0.1) is 0 Å². The topological polar surface area (TPSA) is 49.8 Å². The Bertz CT molecular complexity index is 417. The molecule has 17 heavy (non-hydrogen) atoms. The molecule has 1 amide bonds. The number of hydrogen-bond acceptors (Lipinski definition) is 3. The number of fused-ring (bicyclic) bond motifs is 1. The molecule has 1 N–H and O–H groups in total. The molecule has 0 atom stereocenters. The molecule has 1 aliphatic heterocycles. The third kappa shape index (κ3) is 2.52. The zero-order valence-corrected chi connectivity index (χ0v) is 9.98. The van der Waals surface area contributed by atoms with E-state index in [-0.39, 0.29) is 18.3 Å². The molecule has 0 spiro atoms. The van der Waals surface area contributed by atoms with Gasteiger partial charge in [-0.2, -0.15) is 0 Å². The van der Waals surface area contributed by atoms with Gasteiger partial charge in [-0.05, 0) is 18.6 Å². The Hall–Kier alpha value is -1.71. The standard InChI is InChI=1S/C13H17NO3/c1-2-3-4-7-14-11-8-10(15)5-6-12(11)17-9-13(14)16/h5-6,8,15H,2-4,7,9H2,1H3. The lowest BCUT2D eigenvalue weighted by Gasteiger charge is -2.29. The smallest absolute Gasteiger partial charge is 0.265 e. The number of nitrogens with zero attached hydrogens (tertiary/aromatic N) is 1. The van der Waals surface area contributed by atoms with E-state index >= 15 is 0 Å². The SMILES string of the molecule is CCCCCN1C(=O)COc2ccc(O)cc21. The Morgan fingerprint density at radius 3 is 3.00 bits per heavy atom.